The third kappa shape index (κ3) is 2.91. The van der Waals surface area contributed by atoms with E-state index in [2.05, 4.69) is 10.6 Å². The molecule has 0 bridgehead atoms. The van der Waals surface area contributed by atoms with Crippen molar-refractivity contribution in [1.29, 1.82) is 0 Å². The summed E-state index contributed by atoms with van der Waals surface area (Å²) in [6.07, 6.45) is -0.0841. The van der Waals surface area contributed by atoms with E-state index in [0.717, 1.165) is 0 Å². The van der Waals surface area contributed by atoms with Crippen LogP contribution in [0.5, 0.6) is 5.75 Å². The van der Waals surface area contributed by atoms with Gasteiger partial charge in [-0.1, -0.05) is 0 Å². The molecule has 0 radical (unpaired) electrons. The third-order valence-electron chi connectivity index (χ3n) is 3.19. The normalized spacial score (nSPS) is 17.4. The van der Waals surface area contributed by atoms with Crippen molar-refractivity contribution in [2.24, 2.45) is 0 Å². The predicted molar refractivity (Wildman–Crippen MR) is 77.1 cm³/mol. The maximum absolute atomic E-state index is 11.9. The quantitative estimate of drug-likeness (QED) is 0.860. The summed E-state index contributed by atoms with van der Waals surface area (Å²) in [6, 6.07) is 5.28. The van der Waals surface area contributed by atoms with E-state index < -0.39 is 6.10 Å². The molecule has 0 saturated heterocycles. The van der Waals surface area contributed by atoms with Crippen molar-refractivity contribution in [1.82, 2.24) is 5.32 Å². The molecule has 6 heteroatoms. The van der Waals surface area contributed by atoms with Gasteiger partial charge in [0.05, 0.1) is 5.69 Å². The number of hydrogen-bond donors (Lipinski definition) is 2. The zero-order valence-corrected chi connectivity index (χ0v) is 11.9. The molecule has 2 rings (SSSR count). The molecule has 20 heavy (non-hydrogen) atoms. The van der Waals surface area contributed by atoms with Gasteiger partial charge in [0.2, 0.25) is 5.91 Å². The van der Waals surface area contributed by atoms with Gasteiger partial charge in [-0.05, 0) is 32.2 Å². The SMILES string of the molecule is CNCCC(=O)Nc1ccc2c(c1)N(C)C(=O)C(C)O2. The van der Waals surface area contributed by atoms with E-state index in [1.807, 2.05) is 0 Å². The summed E-state index contributed by atoms with van der Waals surface area (Å²) >= 11 is 0. The van der Waals surface area contributed by atoms with E-state index in [0.29, 0.717) is 30.1 Å². The molecule has 0 aromatic heterocycles. The first-order chi connectivity index (χ1) is 9.52. The number of benzene rings is 1. The first-order valence-electron chi connectivity index (χ1n) is 6.55. The second-order valence-corrected chi connectivity index (χ2v) is 4.74. The summed E-state index contributed by atoms with van der Waals surface area (Å²) in [6.45, 7) is 2.34. The lowest BCUT2D eigenvalue weighted by atomic mass is 10.2. The van der Waals surface area contributed by atoms with Crippen molar-refractivity contribution >= 4 is 23.2 Å². The van der Waals surface area contributed by atoms with Crippen LogP contribution in [0.3, 0.4) is 0 Å². The smallest absolute Gasteiger partial charge is 0.267 e. The van der Waals surface area contributed by atoms with Crippen LogP contribution in [0.4, 0.5) is 11.4 Å². The minimum absolute atomic E-state index is 0.0709. The molecular weight excluding hydrogens is 258 g/mol. The Morgan fingerprint density at radius 3 is 2.90 bits per heavy atom. The Bertz CT molecular complexity index is 530. The summed E-state index contributed by atoms with van der Waals surface area (Å²) in [5, 5.41) is 5.72. The summed E-state index contributed by atoms with van der Waals surface area (Å²) < 4.78 is 5.53. The fourth-order valence-corrected chi connectivity index (χ4v) is 2.05. The van der Waals surface area contributed by atoms with E-state index in [1.165, 1.54) is 0 Å². The van der Waals surface area contributed by atoms with Crippen LogP contribution in [-0.2, 0) is 9.59 Å². The minimum atomic E-state index is -0.483. The molecule has 6 nitrogen and oxygen atoms in total. The summed E-state index contributed by atoms with van der Waals surface area (Å²) in [4.78, 5) is 25.1. The zero-order valence-electron chi connectivity index (χ0n) is 11.9. The van der Waals surface area contributed by atoms with Crippen LogP contribution in [0.2, 0.25) is 0 Å². The number of anilines is 2. The maximum Gasteiger partial charge on any atom is 0.267 e. The molecule has 1 unspecified atom stereocenters. The molecule has 1 aromatic carbocycles. The van der Waals surface area contributed by atoms with Gasteiger partial charge in [-0.2, -0.15) is 0 Å². The van der Waals surface area contributed by atoms with E-state index in [9.17, 15) is 9.59 Å². The average molecular weight is 277 g/mol. The largest absolute Gasteiger partial charge is 0.479 e. The van der Waals surface area contributed by atoms with Crippen LogP contribution in [-0.4, -0.2) is 38.6 Å². The average Bonchev–Trinajstić information content (AvgIpc) is 2.43. The first kappa shape index (κ1) is 14.3. The highest BCUT2D eigenvalue weighted by molar-refractivity contribution is 6.00. The lowest BCUT2D eigenvalue weighted by Gasteiger charge is -2.30. The number of carbonyl (C=O) groups excluding carboxylic acids is 2. The molecule has 1 atom stereocenters. The predicted octanol–water partition coefficient (Wildman–Crippen LogP) is 0.978. The van der Waals surface area contributed by atoms with Gasteiger partial charge in [-0.15, -0.1) is 0 Å². The second kappa shape index (κ2) is 5.92. The number of hydrogen-bond acceptors (Lipinski definition) is 4. The highest BCUT2D eigenvalue weighted by Crippen LogP contribution is 2.35. The van der Waals surface area contributed by atoms with Crippen LogP contribution in [0.15, 0.2) is 18.2 Å². The van der Waals surface area contributed by atoms with Crippen LogP contribution < -0.4 is 20.3 Å². The van der Waals surface area contributed by atoms with Crippen LogP contribution in [0.25, 0.3) is 0 Å². The van der Waals surface area contributed by atoms with Crippen molar-refractivity contribution < 1.29 is 14.3 Å². The van der Waals surface area contributed by atoms with Crippen LogP contribution >= 0.6 is 0 Å². The molecule has 0 fully saturated rings. The van der Waals surface area contributed by atoms with Crippen molar-refractivity contribution in [3.63, 3.8) is 0 Å². The minimum Gasteiger partial charge on any atom is -0.479 e. The molecule has 1 aliphatic rings. The Balaban J connectivity index is 2.15. The number of nitrogens with zero attached hydrogens (tertiary/aromatic N) is 1. The van der Waals surface area contributed by atoms with E-state index in [-0.39, 0.29) is 11.8 Å². The van der Waals surface area contributed by atoms with Crippen LogP contribution in [0, 0.1) is 0 Å². The molecule has 108 valence electrons. The van der Waals surface area contributed by atoms with E-state index in [4.69, 9.17) is 4.74 Å². The van der Waals surface area contributed by atoms with Gasteiger partial charge in [0.15, 0.2) is 6.10 Å². The molecule has 2 N–H and O–H groups in total. The van der Waals surface area contributed by atoms with Gasteiger partial charge in [-0.25, -0.2) is 0 Å². The van der Waals surface area contributed by atoms with Crippen LogP contribution in [0.1, 0.15) is 13.3 Å². The van der Waals surface area contributed by atoms with Gasteiger partial charge in [0, 0.05) is 25.7 Å². The molecule has 0 spiro atoms. The Morgan fingerprint density at radius 1 is 1.45 bits per heavy atom. The lowest BCUT2D eigenvalue weighted by Crippen LogP contribution is -2.42. The molecule has 1 heterocycles. The maximum atomic E-state index is 11.9. The van der Waals surface area contributed by atoms with Gasteiger partial charge in [-0.3, -0.25) is 9.59 Å². The lowest BCUT2D eigenvalue weighted by molar-refractivity contribution is -0.125. The van der Waals surface area contributed by atoms with Crippen molar-refractivity contribution in [3.8, 4) is 5.75 Å². The molecular formula is C14H19N3O3. The van der Waals surface area contributed by atoms with Gasteiger partial charge < -0.3 is 20.3 Å². The topological polar surface area (TPSA) is 70.7 Å². The number of fused-ring (bicyclic) bond motifs is 1. The third-order valence-corrected chi connectivity index (χ3v) is 3.19. The highest BCUT2D eigenvalue weighted by Gasteiger charge is 2.28. The fraction of sp³-hybridized carbons (Fsp3) is 0.429. The number of rotatable bonds is 4. The number of carbonyl (C=O) groups is 2. The van der Waals surface area contributed by atoms with Gasteiger partial charge in [0.25, 0.3) is 5.91 Å². The van der Waals surface area contributed by atoms with Gasteiger partial charge >= 0.3 is 0 Å². The fourth-order valence-electron chi connectivity index (χ4n) is 2.05. The number of amides is 2. The molecule has 1 aliphatic heterocycles. The highest BCUT2D eigenvalue weighted by atomic mass is 16.5. The number of ether oxygens (including phenoxy) is 1. The molecule has 0 aliphatic carbocycles. The summed E-state index contributed by atoms with van der Waals surface area (Å²) in [5.41, 5.74) is 1.32. The van der Waals surface area contributed by atoms with E-state index in [1.54, 1.807) is 44.1 Å². The summed E-state index contributed by atoms with van der Waals surface area (Å²) in [7, 11) is 3.50. The van der Waals surface area contributed by atoms with Crippen molar-refractivity contribution in [2.75, 3.05) is 30.9 Å². The molecule has 0 saturated carbocycles. The number of nitrogens with one attached hydrogen (secondary N) is 2. The van der Waals surface area contributed by atoms with E-state index >= 15 is 0 Å². The zero-order chi connectivity index (χ0) is 14.7. The summed E-state index contributed by atoms with van der Waals surface area (Å²) in [5.74, 6) is 0.474. The Labute approximate surface area is 118 Å². The first-order valence-corrected chi connectivity index (χ1v) is 6.55. The Kier molecular flexibility index (Phi) is 4.24. The van der Waals surface area contributed by atoms with Crippen molar-refractivity contribution in [2.45, 2.75) is 19.4 Å². The monoisotopic (exact) mass is 277 g/mol. The standard InChI is InChI=1S/C14H19N3O3/c1-9-14(19)17(3)11-8-10(4-5-12(11)20-9)16-13(18)6-7-15-2/h4-5,8-9,15H,6-7H2,1-3H3,(H,16,18). The Hall–Kier alpha value is -2.08. The Morgan fingerprint density at radius 2 is 2.20 bits per heavy atom. The molecule has 1 aromatic rings. The van der Waals surface area contributed by atoms with Gasteiger partial charge in [0.1, 0.15) is 5.75 Å². The second-order valence-electron chi connectivity index (χ2n) is 4.74. The number of likely N-dealkylation sites (N-methyl/N-ethyl adjacent to an activating group) is 1. The molecule has 2 amide bonds. The van der Waals surface area contributed by atoms with Crippen molar-refractivity contribution in [3.05, 3.63) is 18.2 Å².